The van der Waals surface area contributed by atoms with Gasteiger partial charge in [-0.05, 0) is 43.9 Å². The number of rotatable bonds is 9. The number of hydrogen-bond acceptors (Lipinski definition) is 5. The van der Waals surface area contributed by atoms with Gasteiger partial charge in [0.25, 0.3) is 0 Å². The first-order valence-electron chi connectivity index (χ1n) is 10.6. The molecule has 1 heterocycles. The Balaban J connectivity index is 1.37. The summed E-state index contributed by atoms with van der Waals surface area (Å²) in [6.07, 6.45) is 5.38. The molecular weight excluding hydrogens is 384 g/mol. The van der Waals surface area contributed by atoms with E-state index in [0.29, 0.717) is 24.8 Å². The smallest absolute Gasteiger partial charge is 0.230 e. The van der Waals surface area contributed by atoms with E-state index >= 15 is 0 Å². The monoisotopic (exact) mass is 414 g/mol. The molecule has 7 heteroatoms. The number of benzene rings is 1. The minimum absolute atomic E-state index is 0.0767. The molecule has 1 aromatic heterocycles. The number of fused-ring (bicyclic) bond motifs is 2. The van der Waals surface area contributed by atoms with Gasteiger partial charge in [0, 0.05) is 18.7 Å². The average molecular weight is 415 g/mol. The molecule has 2 aromatic rings. The third kappa shape index (κ3) is 4.67. The van der Waals surface area contributed by atoms with Crippen LogP contribution in [0, 0.1) is 17.8 Å². The highest BCUT2D eigenvalue weighted by Crippen LogP contribution is 2.49. The lowest BCUT2D eigenvalue weighted by molar-refractivity contribution is -0.119. The number of amides is 1. The van der Waals surface area contributed by atoms with Crippen molar-refractivity contribution in [3.8, 4) is 11.4 Å². The summed E-state index contributed by atoms with van der Waals surface area (Å²) in [5.41, 5.74) is 1.01. The van der Waals surface area contributed by atoms with Crippen molar-refractivity contribution in [3.63, 3.8) is 0 Å². The molecule has 0 spiro atoms. The summed E-state index contributed by atoms with van der Waals surface area (Å²) in [5, 5.41) is 12.7. The molecule has 0 saturated heterocycles. The van der Waals surface area contributed by atoms with Crippen molar-refractivity contribution >= 4 is 17.7 Å². The number of nitrogens with one attached hydrogen (secondary N) is 1. The van der Waals surface area contributed by atoms with Gasteiger partial charge in [-0.25, -0.2) is 0 Å². The first kappa shape index (κ1) is 20.4. The van der Waals surface area contributed by atoms with Gasteiger partial charge in [-0.15, -0.1) is 10.2 Å². The zero-order valence-corrected chi connectivity index (χ0v) is 18.0. The normalized spacial score (nSPS) is 24.0. The maximum absolute atomic E-state index is 12.6. The highest BCUT2D eigenvalue weighted by Gasteiger charge is 2.42. The predicted octanol–water partition coefficient (Wildman–Crippen LogP) is 3.62. The quantitative estimate of drug-likeness (QED) is 0.635. The Morgan fingerprint density at radius 2 is 2.10 bits per heavy atom. The minimum Gasteiger partial charge on any atom is -0.383 e. The van der Waals surface area contributed by atoms with Crippen molar-refractivity contribution in [3.05, 3.63) is 30.3 Å². The summed E-state index contributed by atoms with van der Waals surface area (Å²) in [6.45, 7) is 3.39. The maximum atomic E-state index is 12.6. The van der Waals surface area contributed by atoms with Crippen LogP contribution < -0.4 is 5.32 Å². The van der Waals surface area contributed by atoms with Crippen LogP contribution in [0.1, 0.15) is 32.6 Å². The summed E-state index contributed by atoms with van der Waals surface area (Å²) in [5.74, 6) is 3.60. The second kappa shape index (κ2) is 9.30. The van der Waals surface area contributed by atoms with E-state index in [-0.39, 0.29) is 11.9 Å². The molecule has 2 fully saturated rings. The van der Waals surface area contributed by atoms with E-state index in [1.807, 2.05) is 34.9 Å². The fourth-order valence-electron chi connectivity index (χ4n) is 5.02. The van der Waals surface area contributed by atoms with E-state index in [1.54, 1.807) is 7.11 Å². The fraction of sp³-hybridized carbons (Fsp3) is 0.591. The Bertz CT molecular complexity index is 825. The molecule has 0 aliphatic heterocycles. The number of thioether (sulfide) groups is 1. The van der Waals surface area contributed by atoms with Gasteiger partial charge in [0.05, 0.1) is 18.9 Å². The second-order valence-electron chi connectivity index (χ2n) is 8.30. The van der Waals surface area contributed by atoms with Gasteiger partial charge in [-0.3, -0.25) is 9.36 Å². The van der Waals surface area contributed by atoms with E-state index in [4.69, 9.17) is 4.74 Å². The minimum atomic E-state index is 0.0767. The summed E-state index contributed by atoms with van der Waals surface area (Å²) >= 11 is 1.44. The van der Waals surface area contributed by atoms with E-state index < -0.39 is 0 Å². The molecule has 0 radical (unpaired) electrons. The van der Waals surface area contributed by atoms with Crippen LogP contribution in [0.2, 0.25) is 0 Å². The number of hydrogen-bond donors (Lipinski definition) is 1. The number of methoxy groups -OCH3 is 1. The van der Waals surface area contributed by atoms with E-state index in [2.05, 4.69) is 22.4 Å². The predicted molar refractivity (Wildman–Crippen MR) is 115 cm³/mol. The van der Waals surface area contributed by atoms with Crippen LogP contribution in [0.4, 0.5) is 0 Å². The van der Waals surface area contributed by atoms with Crippen molar-refractivity contribution in [1.29, 1.82) is 0 Å². The summed E-state index contributed by atoms with van der Waals surface area (Å²) in [7, 11) is 1.68. The van der Waals surface area contributed by atoms with Crippen molar-refractivity contribution in [2.24, 2.45) is 17.8 Å². The van der Waals surface area contributed by atoms with Crippen LogP contribution in [-0.2, 0) is 16.1 Å². The maximum Gasteiger partial charge on any atom is 0.230 e. The lowest BCUT2D eigenvalue weighted by Crippen LogP contribution is -2.40. The molecule has 1 amide bonds. The molecule has 0 unspecified atom stereocenters. The molecule has 29 heavy (non-hydrogen) atoms. The van der Waals surface area contributed by atoms with Crippen LogP contribution in [0.15, 0.2) is 35.5 Å². The molecule has 4 rings (SSSR count). The fourth-order valence-corrected chi connectivity index (χ4v) is 5.80. The van der Waals surface area contributed by atoms with E-state index in [1.165, 1.54) is 37.4 Å². The van der Waals surface area contributed by atoms with Crippen LogP contribution in [-0.4, -0.2) is 46.2 Å². The van der Waals surface area contributed by atoms with Gasteiger partial charge >= 0.3 is 0 Å². The highest BCUT2D eigenvalue weighted by atomic mass is 32.2. The topological polar surface area (TPSA) is 69.0 Å². The van der Waals surface area contributed by atoms with Crippen molar-refractivity contribution in [1.82, 2.24) is 20.1 Å². The molecule has 4 atom stereocenters. The van der Waals surface area contributed by atoms with Gasteiger partial charge in [0.2, 0.25) is 5.91 Å². The van der Waals surface area contributed by atoms with E-state index in [0.717, 1.165) is 28.4 Å². The van der Waals surface area contributed by atoms with Crippen LogP contribution >= 0.6 is 11.8 Å². The first-order chi connectivity index (χ1) is 14.2. The van der Waals surface area contributed by atoms with Crippen LogP contribution in [0.25, 0.3) is 11.4 Å². The lowest BCUT2D eigenvalue weighted by atomic mass is 9.84. The number of carbonyl (C=O) groups excluding carboxylic acids is 1. The Hall–Kier alpha value is -1.86. The zero-order valence-electron chi connectivity index (χ0n) is 17.2. The third-order valence-electron chi connectivity index (χ3n) is 6.42. The van der Waals surface area contributed by atoms with Crippen molar-refractivity contribution in [2.45, 2.75) is 50.4 Å². The molecule has 1 N–H and O–H groups in total. The second-order valence-corrected chi connectivity index (χ2v) is 9.24. The molecule has 2 bridgehead atoms. The van der Waals surface area contributed by atoms with Crippen molar-refractivity contribution in [2.75, 3.05) is 19.5 Å². The number of carbonyl (C=O) groups is 1. The molecule has 2 saturated carbocycles. The molecule has 6 nitrogen and oxygen atoms in total. The third-order valence-corrected chi connectivity index (χ3v) is 7.39. The van der Waals surface area contributed by atoms with Gasteiger partial charge < -0.3 is 10.1 Å². The average Bonchev–Trinajstić information content (AvgIpc) is 3.47. The number of aromatic nitrogens is 3. The Morgan fingerprint density at radius 1 is 1.28 bits per heavy atom. The largest absolute Gasteiger partial charge is 0.383 e. The van der Waals surface area contributed by atoms with Gasteiger partial charge in [-0.1, -0.05) is 48.5 Å². The van der Waals surface area contributed by atoms with Gasteiger partial charge in [0.1, 0.15) is 0 Å². The number of ether oxygens (including phenoxy) is 1. The van der Waals surface area contributed by atoms with Gasteiger partial charge in [-0.2, -0.15) is 0 Å². The molecule has 2 aliphatic rings. The molecule has 2 aliphatic carbocycles. The van der Waals surface area contributed by atoms with E-state index in [9.17, 15) is 4.79 Å². The van der Waals surface area contributed by atoms with Crippen molar-refractivity contribution < 1.29 is 9.53 Å². The summed E-state index contributed by atoms with van der Waals surface area (Å²) < 4.78 is 7.29. The Morgan fingerprint density at radius 3 is 2.79 bits per heavy atom. The standard InChI is InChI=1S/C22H30N4O2S/c1-15(19-13-16-8-9-18(19)12-16)23-20(27)14-29-22-25-24-21(26(22)10-11-28-2)17-6-4-3-5-7-17/h3-7,15-16,18-19H,8-14H2,1-2H3,(H,23,27)/t15-,16-,18-,19+/m0/s1. The van der Waals surface area contributed by atoms with Crippen LogP contribution in [0.3, 0.4) is 0 Å². The Labute approximate surface area is 176 Å². The van der Waals surface area contributed by atoms with Gasteiger partial charge in [0.15, 0.2) is 11.0 Å². The molecular formula is C22H30N4O2S. The molecule has 156 valence electrons. The zero-order chi connectivity index (χ0) is 20.2. The summed E-state index contributed by atoms with van der Waals surface area (Å²) in [6, 6.07) is 10.3. The highest BCUT2D eigenvalue weighted by molar-refractivity contribution is 7.99. The lowest BCUT2D eigenvalue weighted by Gasteiger charge is -2.28. The SMILES string of the molecule is COCCn1c(SCC(=O)N[C@@H](C)[C@H]2C[C@H]3CC[C@H]2C3)nnc1-c1ccccc1. The Kier molecular flexibility index (Phi) is 6.55. The summed E-state index contributed by atoms with van der Waals surface area (Å²) in [4.78, 5) is 12.6. The van der Waals surface area contributed by atoms with Crippen LogP contribution in [0.5, 0.6) is 0 Å². The first-order valence-corrected chi connectivity index (χ1v) is 11.5. The number of nitrogens with zero attached hydrogens (tertiary/aromatic N) is 3. The molecule has 1 aromatic carbocycles.